The van der Waals surface area contributed by atoms with E-state index in [1.165, 1.54) is 25.2 Å². The topological polar surface area (TPSA) is 102 Å². The van der Waals surface area contributed by atoms with Crippen molar-refractivity contribution in [2.24, 2.45) is 0 Å². The lowest BCUT2D eigenvalue weighted by Crippen LogP contribution is -2.30. The van der Waals surface area contributed by atoms with Crippen LogP contribution < -0.4 is 5.32 Å². The molecule has 1 aromatic rings. The average molecular weight is 317 g/mol. The predicted octanol–water partition coefficient (Wildman–Crippen LogP) is 1.29. The third-order valence-corrected chi connectivity index (χ3v) is 4.79. The number of rotatable bonds is 8. The number of nitro benzene ring substituents is 1. The van der Waals surface area contributed by atoms with Gasteiger partial charge < -0.3 is 10.1 Å². The number of hydrogen-bond acceptors (Lipinski definition) is 6. The average Bonchev–Trinajstić information content (AvgIpc) is 2.46. The molecule has 0 atom stereocenters. The van der Waals surface area contributed by atoms with E-state index in [1.807, 2.05) is 0 Å². The first-order chi connectivity index (χ1) is 9.84. The highest BCUT2D eigenvalue weighted by Gasteiger charge is 2.29. The highest BCUT2D eigenvalue weighted by atomic mass is 32.2. The fraction of sp³-hybridized carbons (Fsp3) is 0.500. The third-order valence-electron chi connectivity index (χ3n) is 2.89. The van der Waals surface area contributed by atoms with Gasteiger partial charge in [0.25, 0.3) is 5.69 Å². The van der Waals surface area contributed by atoms with Crippen molar-refractivity contribution in [3.8, 4) is 0 Å². The number of nitrogens with one attached hydrogen (secondary N) is 1. The van der Waals surface area contributed by atoms with E-state index in [9.17, 15) is 18.5 Å². The molecule has 0 saturated heterocycles. The minimum absolute atomic E-state index is 0.126. The van der Waals surface area contributed by atoms with E-state index < -0.39 is 20.6 Å². The Bertz CT molecular complexity index is 603. The summed E-state index contributed by atoms with van der Waals surface area (Å²) in [5.74, 6) is 0. The first-order valence-corrected chi connectivity index (χ1v) is 7.78. The van der Waals surface area contributed by atoms with Crippen molar-refractivity contribution in [1.82, 2.24) is 4.31 Å². The van der Waals surface area contributed by atoms with Gasteiger partial charge in [0.1, 0.15) is 0 Å². The largest absolute Gasteiger partial charge is 0.388 e. The second-order valence-corrected chi connectivity index (χ2v) is 6.23. The summed E-state index contributed by atoms with van der Waals surface area (Å²) in [5, 5.41) is 13.8. The van der Waals surface area contributed by atoms with Crippen molar-refractivity contribution < 1.29 is 18.1 Å². The zero-order valence-electron chi connectivity index (χ0n) is 12.2. The zero-order chi connectivity index (χ0) is 16.0. The molecular weight excluding hydrogens is 298 g/mol. The molecule has 0 aromatic heterocycles. The van der Waals surface area contributed by atoms with Gasteiger partial charge in [-0.25, -0.2) is 8.42 Å². The molecule has 0 amide bonds. The van der Waals surface area contributed by atoms with Gasteiger partial charge in [-0.05, 0) is 19.1 Å². The number of sulfonamides is 1. The van der Waals surface area contributed by atoms with Crippen LogP contribution in [0.4, 0.5) is 11.4 Å². The zero-order valence-corrected chi connectivity index (χ0v) is 13.0. The Morgan fingerprint density at radius 2 is 2.10 bits per heavy atom. The van der Waals surface area contributed by atoms with E-state index in [-0.39, 0.29) is 18.0 Å². The van der Waals surface area contributed by atoms with Crippen LogP contribution in [-0.4, -0.2) is 51.5 Å². The van der Waals surface area contributed by atoms with Crippen LogP contribution in [0, 0.1) is 10.1 Å². The molecule has 1 rings (SSSR count). The lowest BCUT2D eigenvalue weighted by Gasteiger charge is -2.17. The summed E-state index contributed by atoms with van der Waals surface area (Å²) < 4.78 is 30.9. The van der Waals surface area contributed by atoms with Gasteiger partial charge in [0.15, 0.2) is 4.90 Å². The second kappa shape index (κ2) is 7.34. The highest BCUT2D eigenvalue weighted by molar-refractivity contribution is 7.89. The van der Waals surface area contributed by atoms with E-state index >= 15 is 0 Å². The first kappa shape index (κ1) is 17.3. The minimum atomic E-state index is -3.94. The quantitative estimate of drug-likeness (QED) is 0.440. The number of likely N-dealkylation sites (N-methyl/N-ethyl adjacent to an activating group) is 1. The van der Waals surface area contributed by atoms with Crippen molar-refractivity contribution in [3.63, 3.8) is 0 Å². The molecule has 0 fully saturated rings. The summed E-state index contributed by atoms with van der Waals surface area (Å²) in [6.07, 6.45) is 0. The first-order valence-electron chi connectivity index (χ1n) is 6.34. The molecule has 0 radical (unpaired) electrons. The number of anilines is 1. The summed E-state index contributed by atoms with van der Waals surface area (Å²) in [4.78, 5) is 10.1. The molecule has 0 aliphatic rings. The maximum atomic E-state index is 12.4. The molecule has 0 aliphatic carbocycles. The normalized spacial score (nSPS) is 11.6. The summed E-state index contributed by atoms with van der Waals surface area (Å²) in [5.41, 5.74) is 0.0164. The second-order valence-electron chi connectivity index (χ2n) is 4.21. The third kappa shape index (κ3) is 4.13. The molecule has 21 heavy (non-hydrogen) atoms. The van der Waals surface area contributed by atoms with E-state index in [1.54, 1.807) is 14.0 Å². The molecule has 1 aromatic carbocycles. The summed E-state index contributed by atoms with van der Waals surface area (Å²) >= 11 is 0. The van der Waals surface area contributed by atoms with Gasteiger partial charge >= 0.3 is 0 Å². The van der Waals surface area contributed by atoms with Crippen LogP contribution >= 0.6 is 0 Å². The lowest BCUT2D eigenvalue weighted by molar-refractivity contribution is -0.387. The molecule has 0 unspecified atom stereocenters. The number of nitro groups is 1. The molecule has 9 heteroatoms. The fourth-order valence-corrected chi connectivity index (χ4v) is 2.95. The van der Waals surface area contributed by atoms with Gasteiger partial charge in [0.05, 0.1) is 11.5 Å². The standard InChI is InChI=1S/C12H19N3O5S/c1-4-20-8-7-14(3)21(18,19)12-6-5-10(13-2)9-11(12)15(16)17/h5-6,9,13H,4,7-8H2,1-3H3. The molecule has 0 heterocycles. The molecule has 8 nitrogen and oxygen atoms in total. The molecular formula is C12H19N3O5S. The summed E-state index contributed by atoms with van der Waals surface area (Å²) in [6.45, 7) is 2.64. The Morgan fingerprint density at radius 1 is 1.43 bits per heavy atom. The molecule has 118 valence electrons. The van der Waals surface area contributed by atoms with Crippen LogP contribution in [0.25, 0.3) is 0 Å². The van der Waals surface area contributed by atoms with Gasteiger partial charge in [-0.1, -0.05) is 0 Å². The van der Waals surface area contributed by atoms with E-state index in [4.69, 9.17) is 4.74 Å². The van der Waals surface area contributed by atoms with Gasteiger partial charge in [0, 0.05) is 39.0 Å². The van der Waals surface area contributed by atoms with Crippen molar-refractivity contribution in [2.75, 3.05) is 39.2 Å². The molecule has 0 aliphatic heterocycles. The van der Waals surface area contributed by atoms with Gasteiger partial charge in [-0.2, -0.15) is 4.31 Å². The van der Waals surface area contributed by atoms with Crippen LogP contribution in [0.1, 0.15) is 6.92 Å². The number of hydrogen-bond donors (Lipinski definition) is 1. The van der Waals surface area contributed by atoms with Crippen molar-refractivity contribution >= 4 is 21.4 Å². The van der Waals surface area contributed by atoms with Crippen LogP contribution in [0.2, 0.25) is 0 Å². The SMILES string of the molecule is CCOCCN(C)S(=O)(=O)c1ccc(NC)cc1[N+](=O)[O-]. The Morgan fingerprint density at radius 3 is 2.62 bits per heavy atom. The van der Waals surface area contributed by atoms with Gasteiger partial charge in [-0.3, -0.25) is 10.1 Å². The predicted molar refractivity (Wildman–Crippen MR) is 79.0 cm³/mol. The Kier molecular flexibility index (Phi) is 6.06. The fourth-order valence-electron chi connectivity index (χ4n) is 1.66. The lowest BCUT2D eigenvalue weighted by atomic mass is 10.3. The van der Waals surface area contributed by atoms with Gasteiger partial charge in [0.2, 0.25) is 10.0 Å². The Balaban J connectivity index is 3.15. The minimum Gasteiger partial charge on any atom is -0.388 e. The van der Waals surface area contributed by atoms with E-state index in [0.717, 1.165) is 4.31 Å². The molecule has 1 N–H and O–H groups in total. The van der Waals surface area contributed by atoms with Crippen LogP contribution in [0.15, 0.2) is 23.1 Å². The Hall–Kier alpha value is -1.71. The Labute approximate surface area is 123 Å². The van der Waals surface area contributed by atoms with E-state index in [2.05, 4.69) is 5.32 Å². The maximum Gasteiger partial charge on any atom is 0.291 e. The summed E-state index contributed by atoms with van der Waals surface area (Å²) in [6, 6.07) is 3.91. The number of benzene rings is 1. The maximum absolute atomic E-state index is 12.4. The van der Waals surface area contributed by atoms with Crippen molar-refractivity contribution in [2.45, 2.75) is 11.8 Å². The molecule has 0 spiro atoms. The van der Waals surface area contributed by atoms with Crippen LogP contribution in [0.3, 0.4) is 0 Å². The molecule has 0 saturated carbocycles. The van der Waals surface area contributed by atoms with E-state index in [0.29, 0.717) is 12.3 Å². The summed E-state index contributed by atoms with van der Waals surface area (Å²) in [7, 11) is -0.972. The monoisotopic (exact) mass is 317 g/mol. The number of ether oxygens (including phenoxy) is 1. The number of nitrogens with zero attached hydrogens (tertiary/aromatic N) is 2. The smallest absolute Gasteiger partial charge is 0.291 e. The molecule has 0 bridgehead atoms. The van der Waals surface area contributed by atoms with Gasteiger partial charge in [-0.15, -0.1) is 0 Å². The van der Waals surface area contributed by atoms with Crippen LogP contribution in [-0.2, 0) is 14.8 Å². The highest BCUT2D eigenvalue weighted by Crippen LogP contribution is 2.28. The van der Waals surface area contributed by atoms with Crippen LogP contribution in [0.5, 0.6) is 0 Å². The van der Waals surface area contributed by atoms with Crippen molar-refractivity contribution in [3.05, 3.63) is 28.3 Å². The van der Waals surface area contributed by atoms with Crippen molar-refractivity contribution in [1.29, 1.82) is 0 Å².